The normalized spacial score (nSPS) is 12.5. The van der Waals surface area contributed by atoms with Crippen LogP contribution >= 0.6 is 7.14 Å². The molecule has 9 aromatic rings. The molecule has 0 spiro atoms. The lowest BCUT2D eigenvalue weighted by atomic mass is 10.0. The fourth-order valence-electron chi connectivity index (χ4n) is 6.78. The number of fused-ring (bicyclic) bond motifs is 2. The van der Waals surface area contributed by atoms with E-state index >= 15 is 0 Å². The monoisotopic (exact) mass is 722 g/mol. The van der Waals surface area contributed by atoms with E-state index in [9.17, 15) is 4.57 Å². The minimum absolute atomic E-state index is 0.663. The van der Waals surface area contributed by atoms with Crippen LogP contribution in [0.1, 0.15) is 5.56 Å². The molecule has 9 rings (SSSR count). The third kappa shape index (κ3) is 6.25. The Morgan fingerprint density at radius 1 is 0.481 bits per heavy atom. The molecule has 8 heteroatoms. The largest absolute Gasteiger partial charge is 0.497 e. The number of H-pyrrole nitrogens is 2. The molecule has 7 nitrogen and oxygen atoms in total. The first-order chi connectivity index (χ1) is 26.4. The first kappa shape index (κ1) is 33.2. The number of hydrogen-bond acceptors (Lipinski definition) is 5. The zero-order valence-corrected chi connectivity index (χ0v) is 30.5. The third-order valence-electron chi connectivity index (χ3n) is 9.74. The maximum atomic E-state index is 14.8. The van der Waals surface area contributed by atoms with Crippen molar-refractivity contribution in [2.24, 2.45) is 0 Å². The Balaban J connectivity index is 0.921. The summed E-state index contributed by atoms with van der Waals surface area (Å²) in [6.07, 6.45) is 0. The lowest BCUT2D eigenvalue weighted by molar-refractivity contribution is 0.415. The van der Waals surface area contributed by atoms with Crippen molar-refractivity contribution >= 4 is 45.1 Å². The number of imidazole rings is 2. The van der Waals surface area contributed by atoms with Crippen molar-refractivity contribution in [3.63, 3.8) is 0 Å². The summed E-state index contributed by atoms with van der Waals surface area (Å²) in [5.41, 5.74) is 8.95. The molecule has 0 aliphatic rings. The third-order valence-corrected chi connectivity index (χ3v) is 12.8. The molecular weight excluding hydrogens is 688 g/mol. The molecule has 0 fully saturated rings. The van der Waals surface area contributed by atoms with Crippen LogP contribution in [0.4, 0.5) is 0 Å². The van der Waals surface area contributed by atoms with Crippen LogP contribution in [0.5, 0.6) is 17.2 Å². The maximum absolute atomic E-state index is 14.8. The van der Waals surface area contributed by atoms with Crippen molar-refractivity contribution in [2.75, 3.05) is 7.11 Å². The van der Waals surface area contributed by atoms with E-state index in [-0.39, 0.29) is 0 Å². The minimum atomic E-state index is -3.07. The Morgan fingerprint density at radius 3 is 1.41 bits per heavy atom. The first-order valence-electron chi connectivity index (χ1n) is 17.7. The number of ether oxygens (including phenoxy) is 2. The Morgan fingerprint density at radius 2 is 0.907 bits per heavy atom. The van der Waals surface area contributed by atoms with Crippen LogP contribution in [0.15, 0.2) is 164 Å². The molecule has 2 aromatic heterocycles. The zero-order valence-electron chi connectivity index (χ0n) is 29.7. The van der Waals surface area contributed by atoms with Gasteiger partial charge in [0.05, 0.1) is 29.2 Å². The second-order valence-corrected chi connectivity index (χ2v) is 16.0. The van der Waals surface area contributed by atoms with Gasteiger partial charge in [0.1, 0.15) is 28.9 Å². The number of nitrogens with zero attached hydrogens (tertiary/aromatic N) is 2. The highest BCUT2D eigenvalue weighted by Gasteiger charge is 2.29. The van der Waals surface area contributed by atoms with Gasteiger partial charge in [0.2, 0.25) is 0 Å². The highest BCUT2D eigenvalue weighted by molar-refractivity contribution is 7.85. The Kier molecular flexibility index (Phi) is 8.41. The summed E-state index contributed by atoms with van der Waals surface area (Å²) in [5, 5.41) is 2.37. The average Bonchev–Trinajstić information content (AvgIpc) is 3.86. The summed E-state index contributed by atoms with van der Waals surface area (Å²) in [6.45, 7) is 2.03. The van der Waals surface area contributed by atoms with Gasteiger partial charge in [0.15, 0.2) is 7.14 Å². The Bertz CT molecular complexity index is 2790. The van der Waals surface area contributed by atoms with Crippen molar-refractivity contribution in [2.45, 2.75) is 6.92 Å². The standard InChI is InChI=1S/C46H35N4O3P/c1-30-8-22-39(23-9-30)54(51,38-6-4-3-5-7-38)40-24-20-37(21-25-40)53-36-18-12-32(13-19-36)46-48-42-27-15-34(29-44(42)50-46)33-14-26-41-43(28-33)49-45(47-41)31-10-16-35(52-2)17-11-31/h3-29H,1-2H3,(H,47,49)(H,48,50). The molecule has 7 aromatic carbocycles. The molecule has 262 valence electrons. The molecule has 0 amide bonds. The summed E-state index contributed by atoms with van der Waals surface area (Å²) in [7, 11) is -1.41. The predicted molar refractivity (Wildman–Crippen MR) is 219 cm³/mol. The van der Waals surface area contributed by atoms with Gasteiger partial charge in [0, 0.05) is 27.0 Å². The Labute approximate surface area is 312 Å². The van der Waals surface area contributed by atoms with Gasteiger partial charge in [0.25, 0.3) is 0 Å². The van der Waals surface area contributed by atoms with Crippen LogP contribution in [0.2, 0.25) is 0 Å². The molecule has 2 N–H and O–H groups in total. The van der Waals surface area contributed by atoms with Gasteiger partial charge < -0.3 is 24.0 Å². The molecule has 54 heavy (non-hydrogen) atoms. The molecule has 0 radical (unpaired) electrons. The van der Waals surface area contributed by atoms with Gasteiger partial charge in [-0.3, -0.25) is 0 Å². The van der Waals surface area contributed by atoms with Gasteiger partial charge in [-0.15, -0.1) is 0 Å². The van der Waals surface area contributed by atoms with Gasteiger partial charge >= 0.3 is 0 Å². The van der Waals surface area contributed by atoms with E-state index in [0.717, 1.165) is 83.2 Å². The van der Waals surface area contributed by atoms with E-state index in [1.54, 1.807) is 7.11 Å². The number of methoxy groups -OCH3 is 1. The highest BCUT2D eigenvalue weighted by atomic mass is 31.2. The highest BCUT2D eigenvalue weighted by Crippen LogP contribution is 2.43. The molecule has 2 heterocycles. The SMILES string of the molecule is COc1ccc(-c2nc3ccc(-c4ccc5nc(-c6ccc(Oc7ccc(P(=O)(c8ccccc8)c8ccc(C)cc8)cc7)cc6)[nH]c5c4)cc3[nH]2)cc1. The van der Waals surface area contributed by atoms with Crippen LogP contribution < -0.4 is 25.4 Å². The lowest BCUT2D eigenvalue weighted by Crippen LogP contribution is -2.24. The lowest BCUT2D eigenvalue weighted by Gasteiger charge is -2.20. The molecule has 0 saturated carbocycles. The van der Waals surface area contributed by atoms with E-state index in [2.05, 4.69) is 34.2 Å². The Hall–Kier alpha value is -6.69. The predicted octanol–water partition coefficient (Wildman–Crippen LogP) is 10.2. The number of benzene rings is 7. The zero-order chi connectivity index (χ0) is 36.6. The van der Waals surface area contributed by atoms with Crippen LogP contribution in [-0.2, 0) is 4.57 Å². The van der Waals surface area contributed by atoms with Gasteiger partial charge in [-0.05, 0) is 115 Å². The van der Waals surface area contributed by atoms with E-state index in [1.165, 1.54) is 0 Å². The van der Waals surface area contributed by atoms with E-state index in [0.29, 0.717) is 11.5 Å². The van der Waals surface area contributed by atoms with E-state index in [4.69, 9.17) is 19.4 Å². The molecule has 1 unspecified atom stereocenters. The van der Waals surface area contributed by atoms with Crippen molar-refractivity contribution in [1.29, 1.82) is 0 Å². The van der Waals surface area contributed by atoms with E-state index < -0.39 is 7.14 Å². The fraction of sp³-hybridized carbons (Fsp3) is 0.0435. The second kappa shape index (κ2) is 13.7. The maximum Gasteiger partial charge on any atom is 0.171 e. The molecule has 0 aliphatic heterocycles. The number of aromatic amines is 2. The summed E-state index contributed by atoms with van der Waals surface area (Å²) in [4.78, 5) is 16.6. The van der Waals surface area contributed by atoms with Crippen LogP contribution in [-0.4, -0.2) is 27.0 Å². The van der Waals surface area contributed by atoms with Gasteiger partial charge in [-0.2, -0.15) is 0 Å². The van der Waals surface area contributed by atoms with Gasteiger partial charge in [-0.1, -0.05) is 72.3 Å². The van der Waals surface area contributed by atoms with Crippen molar-refractivity contribution in [3.05, 3.63) is 169 Å². The summed E-state index contributed by atoms with van der Waals surface area (Å²) in [6, 6.07) is 53.5. The van der Waals surface area contributed by atoms with Crippen LogP contribution in [0.3, 0.4) is 0 Å². The summed E-state index contributed by atoms with van der Waals surface area (Å²) in [5.74, 6) is 3.76. The number of aromatic nitrogens is 4. The molecule has 0 saturated heterocycles. The quantitative estimate of drug-likeness (QED) is 0.145. The number of hydrogen-bond donors (Lipinski definition) is 2. The number of nitrogens with one attached hydrogen (secondary N) is 2. The fourth-order valence-corrected chi connectivity index (χ4v) is 9.41. The van der Waals surface area contributed by atoms with E-state index in [1.807, 2.05) is 146 Å². The summed E-state index contributed by atoms with van der Waals surface area (Å²) < 4.78 is 26.3. The molecule has 1 atom stereocenters. The first-order valence-corrected chi connectivity index (χ1v) is 19.4. The second-order valence-electron chi connectivity index (χ2n) is 13.3. The summed E-state index contributed by atoms with van der Waals surface area (Å²) >= 11 is 0. The van der Waals surface area contributed by atoms with Crippen LogP contribution in [0, 0.1) is 6.92 Å². The molecular formula is C46H35N4O3P. The van der Waals surface area contributed by atoms with Crippen molar-refractivity contribution in [1.82, 2.24) is 19.9 Å². The average molecular weight is 723 g/mol. The smallest absolute Gasteiger partial charge is 0.171 e. The molecule has 0 aliphatic carbocycles. The number of rotatable bonds is 9. The topological polar surface area (TPSA) is 92.9 Å². The van der Waals surface area contributed by atoms with Gasteiger partial charge in [-0.25, -0.2) is 9.97 Å². The van der Waals surface area contributed by atoms with Crippen LogP contribution in [0.25, 0.3) is 56.0 Å². The minimum Gasteiger partial charge on any atom is -0.497 e. The van der Waals surface area contributed by atoms with Crippen molar-refractivity contribution < 1.29 is 14.0 Å². The molecule has 0 bridgehead atoms. The number of aryl methyl sites for hydroxylation is 1. The van der Waals surface area contributed by atoms with Crippen molar-refractivity contribution in [3.8, 4) is 51.2 Å².